The molecule has 2 heterocycles. The third-order valence-corrected chi connectivity index (χ3v) is 6.23. The summed E-state index contributed by atoms with van der Waals surface area (Å²) >= 11 is 0. The predicted molar refractivity (Wildman–Crippen MR) is 125 cm³/mol. The first-order chi connectivity index (χ1) is 15.5. The van der Waals surface area contributed by atoms with Crippen LogP contribution in [0.2, 0.25) is 0 Å². The van der Waals surface area contributed by atoms with E-state index in [1.165, 1.54) is 19.4 Å². The van der Waals surface area contributed by atoms with Gasteiger partial charge in [0.2, 0.25) is 5.58 Å². The van der Waals surface area contributed by atoms with Crippen molar-refractivity contribution in [2.75, 3.05) is 7.11 Å². The summed E-state index contributed by atoms with van der Waals surface area (Å²) in [6.07, 6.45) is 1.78. The number of pyridine rings is 1. The van der Waals surface area contributed by atoms with Crippen LogP contribution in [-0.2, 0) is 16.8 Å². The topological polar surface area (TPSA) is 112 Å². The molecule has 3 aromatic rings. The molecule has 2 aromatic heterocycles. The van der Waals surface area contributed by atoms with E-state index in [1.807, 2.05) is 45.9 Å². The monoisotopic (exact) mass is 454 g/mol. The summed E-state index contributed by atoms with van der Waals surface area (Å²) < 4.78 is 11.4. The predicted octanol–water partition coefficient (Wildman–Crippen LogP) is 3.68. The summed E-state index contributed by atoms with van der Waals surface area (Å²) in [5.41, 5.74) is -0.292. The molecule has 176 valence electrons. The molecular formula is C25H30N2O6. The Labute approximate surface area is 191 Å². The Kier molecular flexibility index (Phi) is 6.76. The van der Waals surface area contributed by atoms with Crippen LogP contribution >= 0.6 is 0 Å². The summed E-state index contributed by atoms with van der Waals surface area (Å²) in [6, 6.07) is 7.16. The lowest BCUT2D eigenvalue weighted by Crippen LogP contribution is -2.58. The zero-order valence-electron chi connectivity index (χ0n) is 19.8. The van der Waals surface area contributed by atoms with Crippen LogP contribution in [0.4, 0.5) is 0 Å². The SMILES string of the molecule is COc1ccnc2c(=O)n([C@](Cc3ccc(C)cc3C)(C(=O)O)C(C)CC(C)C)c(=O)oc12. The molecule has 8 nitrogen and oxygen atoms in total. The Hall–Kier alpha value is -3.42. The number of aliphatic carboxylic acids is 1. The molecule has 0 aliphatic rings. The third-order valence-electron chi connectivity index (χ3n) is 6.23. The van der Waals surface area contributed by atoms with Crippen LogP contribution in [0.25, 0.3) is 11.1 Å². The van der Waals surface area contributed by atoms with Crippen molar-refractivity contribution >= 4 is 17.1 Å². The lowest BCUT2D eigenvalue weighted by atomic mass is 9.75. The molecule has 0 aliphatic heterocycles. The number of fused-ring (bicyclic) bond motifs is 1. The van der Waals surface area contributed by atoms with Crippen molar-refractivity contribution in [3.05, 3.63) is 68.1 Å². The molecule has 1 N–H and O–H groups in total. The molecule has 0 radical (unpaired) electrons. The Morgan fingerprint density at radius 2 is 1.91 bits per heavy atom. The van der Waals surface area contributed by atoms with Crippen LogP contribution in [0.1, 0.15) is 43.9 Å². The van der Waals surface area contributed by atoms with Crippen molar-refractivity contribution in [2.24, 2.45) is 11.8 Å². The van der Waals surface area contributed by atoms with Gasteiger partial charge in [-0.25, -0.2) is 19.1 Å². The van der Waals surface area contributed by atoms with Gasteiger partial charge in [0.25, 0.3) is 5.56 Å². The van der Waals surface area contributed by atoms with E-state index in [4.69, 9.17) is 9.15 Å². The van der Waals surface area contributed by atoms with E-state index in [9.17, 15) is 19.5 Å². The summed E-state index contributed by atoms with van der Waals surface area (Å²) in [5, 5.41) is 10.6. The number of carboxylic acids is 1. The molecule has 1 aromatic carbocycles. The van der Waals surface area contributed by atoms with Crippen LogP contribution in [-0.4, -0.2) is 27.7 Å². The van der Waals surface area contributed by atoms with Crippen molar-refractivity contribution in [2.45, 2.75) is 53.0 Å². The van der Waals surface area contributed by atoms with Crippen LogP contribution in [0, 0.1) is 25.7 Å². The number of methoxy groups -OCH3 is 1. The Morgan fingerprint density at radius 3 is 2.48 bits per heavy atom. The highest BCUT2D eigenvalue weighted by atomic mass is 16.5. The maximum Gasteiger partial charge on any atom is 0.423 e. The minimum atomic E-state index is -1.87. The minimum absolute atomic E-state index is 0.0531. The fraction of sp³-hybridized carbons (Fsp3) is 0.440. The third kappa shape index (κ3) is 4.29. The van der Waals surface area contributed by atoms with Crippen molar-refractivity contribution in [1.82, 2.24) is 9.55 Å². The Balaban J connectivity index is 2.40. The number of carbonyl (C=O) groups is 1. The van der Waals surface area contributed by atoms with Crippen LogP contribution < -0.4 is 16.1 Å². The summed E-state index contributed by atoms with van der Waals surface area (Å²) in [5.74, 6) is -2.58. The molecule has 33 heavy (non-hydrogen) atoms. The van der Waals surface area contributed by atoms with Gasteiger partial charge < -0.3 is 14.3 Å². The number of hydrogen-bond donors (Lipinski definition) is 1. The maximum atomic E-state index is 13.6. The van der Waals surface area contributed by atoms with Gasteiger partial charge in [0.05, 0.1) is 7.11 Å². The van der Waals surface area contributed by atoms with Gasteiger partial charge in [-0.1, -0.05) is 44.5 Å². The highest BCUT2D eigenvalue weighted by Gasteiger charge is 2.49. The minimum Gasteiger partial charge on any atom is -0.493 e. The molecule has 1 unspecified atom stereocenters. The van der Waals surface area contributed by atoms with E-state index in [-0.39, 0.29) is 29.2 Å². The van der Waals surface area contributed by atoms with E-state index in [0.717, 1.165) is 21.3 Å². The number of nitrogens with zero attached hydrogens (tertiary/aromatic N) is 2. The van der Waals surface area contributed by atoms with E-state index in [0.29, 0.717) is 6.42 Å². The van der Waals surface area contributed by atoms with Crippen molar-refractivity contribution in [1.29, 1.82) is 0 Å². The van der Waals surface area contributed by atoms with E-state index in [2.05, 4.69) is 4.98 Å². The number of benzene rings is 1. The largest absolute Gasteiger partial charge is 0.493 e. The number of aryl methyl sites for hydroxylation is 2. The second-order valence-electron chi connectivity index (χ2n) is 9.07. The molecule has 0 spiro atoms. The van der Waals surface area contributed by atoms with Gasteiger partial charge in [-0.15, -0.1) is 0 Å². The van der Waals surface area contributed by atoms with Gasteiger partial charge in [0, 0.05) is 18.7 Å². The molecule has 3 rings (SSSR count). The standard InChI is InChI=1S/C25H30N2O6/c1-14(2)11-17(5)25(23(29)30,13-18-8-7-15(3)12-16(18)4)27-22(28)20-21(33-24(27)31)19(32-6)9-10-26-20/h7-10,12,14,17H,11,13H2,1-6H3,(H,29,30)/t17?,25-/m0/s1. The molecular weight excluding hydrogens is 424 g/mol. The molecule has 8 heteroatoms. The second kappa shape index (κ2) is 9.21. The van der Waals surface area contributed by atoms with Crippen LogP contribution in [0.5, 0.6) is 5.75 Å². The van der Waals surface area contributed by atoms with Gasteiger partial charge in [-0.2, -0.15) is 0 Å². The molecule has 2 atom stereocenters. The number of ether oxygens (including phenoxy) is 1. The fourth-order valence-electron chi connectivity index (χ4n) is 4.60. The first kappa shape index (κ1) is 24.2. The average molecular weight is 455 g/mol. The van der Waals surface area contributed by atoms with Crippen molar-refractivity contribution < 1.29 is 19.1 Å². The Bertz CT molecular complexity index is 1310. The zero-order chi connectivity index (χ0) is 24.5. The summed E-state index contributed by atoms with van der Waals surface area (Å²) in [7, 11) is 1.38. The first-order valence-corrected chi connectivity index (χ1v) is 10.9. The van der Waals surface area contributed by atoms with Gasteiger partial charge in [0.1, 0.15) is 0 Å². The second-order valence-corrected chi connectivity index (χ2v) is 9.07. The van der Waals surface area contributed by atoms with Gasteiger partial charge in [-0.3, -0.25) is 4.79 Å². The van der Waals surface area contributed by atoms with Crippen molar-refractivity contribution in [3.8, 4) is 5.75 Å². The molecule has 0 fully saturated rings. The maximum absolute atomic E-state index is 13.6. The first-order valence-electron chi connectivity index (χ1n) is 10.9. The molecule has 0 saturated carbocycles. The normalized spacial score (nSPS) is 14.3. The van der Waals surface area contributed by atoms with Crippen LogP contribution in [0.15, 0.2) is 44.5 Å². The molecule has 0 amide bonds. The molecule has 0 bridgehead atoms. The van der Waals surface area contributed by atoms with E-state index in [1.54, 1.807) is 6.92 Å². The van der Waals surface area contributed by atoms with Crippen molar-refractivity contribution in [3.63, 3.8) is 0 Å². The van der Waals surface area contributed by atoms with Gasteiger partial charge in [0.15, 0.2) is 16.8 Å². The highest BCUT2D eigenvalue weighted by molar-refractivity contribution is 5.80. The number of aromatic nitrogens is 2. The smallest absolute Gasteiger partial charge is 0.423 e. The average Bonchev–Trinajstić information content (AvgIpc) is 2.73. The van der Waals surface area contributed by atoms with Crippen LogP contribution in [0.3, 0.4) is 0 Å². The highest BCUT2D eigenvalue weighted by Crippen LogP contribution is 2.35. The number of carboxylic acid groups (broad SMARTS) is 1. The summed E-state index contributed by atoms with van der Waals surface area (Å²) in [6.45, 7) is 9.54. The van der Waals surface area contributed by atoms with Gasteiger partial charge >= 0.3 is 11.7 Å². The number of rotatable bonds is 8. The lowest BCUT2D eigenvalue weighted by Gasteiger charge is -2.37. The van der Waals surface area contributed by atoms with E-state index >= 15 is 0 Å². The Morgan fingerprint density at radius 1 is 1.21 bits per heavy atom. The molecule has 0 saturated heterocycles. The molecule has 0 aliphatic carbocycles. The fourth-order valence-corrected chi connectivity index (χ4v) is 4.60. The zero-order valence-corrected chi connectivity index (χ0v) is 19.8. The van der Waals surface area contributed by atoms with Gasteiger partial charge in [-0.05, 0) is 43.2 Å². The summed E-state index contributed by atoms with van der Waals surface area (Å²) in [4.78, 5) is 43.9. The van der Waals surface area contributed by atoms with E-state index < -0.39 is 28.7 Å². The quantitative estimate of drug-likeness (QED) is 0.552. The number of hydrogen-bond acceptors (Lipinski definition) is 6. The lowest BCUT2D eigenvalue weighted by molar-refractivity contribution is -0.151.